The number of nitro benzene ring substituents is 1. The summed E-state index contributed by atoms with van der Waals surface area (Å²) in [6.45, 7) is 5.68. The molecule has 0 saturated carbocycles. The van der Waals surface area contributed by atoms with Gasteiger partial charge in [-0.05, 0) is 30.5 Å². The third kappa shape index (κ3) is 5.03. The molecule has 0 saturated heterocycles. The smallest absolute Gasteiger partial charge is 0.310 e. The molecule has 0 aromatic heterocycles. The summed E-state index contributed by atoms with van der Waals surface area (Å²) in [5.41, 5.74) is 0.237. The molecule has 7 nitrogen and oxygen atoms in total. The first-order valence-electron chi connectivity index (χ1n) is 6.67. The Kier molecular flexibility index (Phi) is 6.10. The van der Waals surface area contributed by atoms with E-state index in [0.29, 0.717) is 18.0 Å². The van der Waals surface area contributed by atoms with Crippen molar-refractivity contribution in [1.29, 1.82) is 0 Å². The molecule has 1 amide bonds. The van der Waals surface area contributed by atoms with E-state index in [2.05, 4.69) is 5.32 Å². The highest BCUT2D eigenvalue weighted by atomic mass is 16.6. The summed E-state index contributed by atoms with van der Waals surface area (Å²) in [6.07, 6.45) is -0.864. The molecular formula is C14H20N2O5. The fourth-order valence-electron chi connectivity index (χ4n) is 1.59. The Morgan fingerprint density at radius 2 is 2.10 bits per heavy atom. The molecule has 0 bridgehead atoms. The maximum absolute atomic E-state index is 11.8. The molecule has 0 spiro atoms. The van der Waals surface area contributed by atoms with Crippen molar-refractivity contribution in [3.05, 3.63) is 33.9 Å². The molecule has 116 valence electrons. The topological polar surface area (TPSA) is 102 Å². The number of ether oxygens (including phenoxy) is 1. The van der Waals surface area contributed by atoms with E-state index in [1.54, 1.807) is 0 Å². The zero-order chi connectivity index (χ0) is 16.0. The first kappa shape index (κ1) is 16.9. The van der Waals surface area contributed by atoms with E-state index >= 15 is 0 Å². The number of carbonyl (C=O) groups excluding carboxylic acids is 1. The molecule has 0 aliphatic rings. The third-order valence-electron chi connectivity index (χ3n) is 2.76. The molecule has 0 radical (unpaired) electrons. The van der Waals surface area contributed by atoms with Crippen LogP contribution in [0.4, 0.5) is 5.69 Å². The minimum absolute atomic E-state index is 0.0289. The lowest BCUT2D eigenvalue weighted by Gasteiger charge is -2.16. The number of carbonyl (C=O) groups is 1. The lowest BCUT2D eigenvalue weighted by Crippen LogP contribution is -2.38. The summed E-state index contributed by atoms with van der Waals surface area (Å²) in [4.78, 5) is 22.2. The van der Waals surface area contributed by atoms with Crippen LogP contribution in [0.1, 0.15) is 26.3 Å². The van der Waals surface area contributed by atoms with E-state index in [9.17, 15) is 14.9 Å². The average molecular weight is 296 g/mol. The zero-order valence-corrected chi connectivity index (χ0v) is 12.3. The second-order valence-electron chi connectivity index (χ2n) is 5.12. The minimum Gasteiger partial charge on any atom is -0.474 e. The van der Waals surface area contributed by atoms with Gasteiger partial charge in [0, 0.05) is 12.6 Å². The fourth-order valence-corrected chi connectivity index (χ4v) is 1.59. The maximum atomic E-state index is 11.8. The predicted octanol–water partition coefficient (Wildman–Crippen LogP) is 1.63. The molecule has 1 aromatic rings. The Morgan fingerprint density at radius 1 is 1.43 bits per heavy atom. The summed E-state index contributed by atoms with van der Waals surface area (Å²) < 4.78 is 5.38. The van der Waals surface area contributed by atoms with E-state index in [1.165, 1.54) is 25.1 Å². The van der Waals surface area contributed by atoms with E-state index < -0.39 is 11.0 Å². The molecule has 0 aliphatic carbocycles. The number of hydrogen-bond acceptors (Lipinski definition) is 5. The quantitative estimate of drug-likeness (QED) is 0.588. The van der Waals surface area contributed by atoms with Gasteiger partial charge in [-0.1, -0.05) is 13.8 Å². The highest BCUT2D eigenvalue weighted by molar-refractivity contribution is 5.80. The SMILES string of the molecule is CC(C)CNC(=O)C(C)Oc1cc(CO)ccc1[N+](=O)[O-]. The molecule has 1 aromatic carbocycles. The highest BCUT2D eigenvalue weighted by Gasteiger charge is 2.21. The van der Waals surface area contributed by atoms with Crippen LogP contribution in [0.5, 0.6) is 5.75 Å². The van der Waals surface area contributed by atoms with E-state index in [-0.39, 0.29) is 24.0 Å². The molecule has 0 fully saturated rings. The molecule has 1 atom stereocenters. The molecule has 2 N–H and O–H groups in total. The van der Waals surface area contributed by atoms with Gasteiger partial charge in [-0.3, -0.25) is 14.9 Å². The Labute approximate surface area is 123 Å². The largest absolute Gasteiger partial charge is 0.474 e. The van der Waals surface area contributed by atoms with Crippen LogP contribution in [-0.4, -0.2) is 28.6 Å². The van der Waals surface area contributed by atoms with Gasteiger partial charge in [-0.25, -0.2) is 0 Å². The third-order valence-corrected chi connectivity index (χ3v) is 2.76. The number of nitrogens with zero attached hydrogens (tertiary/aromatic N) is 1. The normalized spacial score (nSPS) is 12.0. The van der Waals surface area contributed by atoms with Crippen molar-refractivity contribution >= 4 is 11.6 Å². The van der Waals surface area contributed by atoms with Gasteiger partial charge in [0.2, 0.25) is 0 Å². The minimum atomic E-state index is -0.864. The van der Waals surface area contributed by atoms with Gasteiger partial charge in [0.1, 0.15) is 0 Å². The van der Waals surface area contributed by atoms with Crippen molar-refractivity contribution < 1.29 is 19.6 Å². The molecule has 7 heteroatoms. The summed E-state index contributed by atoms with van der Waals surface area (Å²) in [5.74, 6) is -0.0700. The number of amides is 1. The number of aliphatic hydroxyl groups excluding tert-OH is 1. The zero-order valence-electron chi connectivity index (χ0n) is 12.3. The lowest BCUT2D eigenvalue weighted by molar-refractivity contribution is -0.386. The van der Waals surface area contributed by atoms with Crippen LogP contribution < -0.4 is 10.1 Å². The molecule has 0 aliphatic heterocycles. The van der Waals surface area contributed by atoms with Crippen LogP contribution in [0.15, 0.2) is 18.2 Å². The summed E-state index contributed by atoms with van der Waals surface area (Å²) in [7, 11) is 0. The van der Waals surface area contributed by atoms with Crippen LogP contribution in [0.25, 0.3) is 0 Å². The number of hydrogen-bond donors (Lipinski definition) is 2. The van der Waals surface area contributed by atoms with Crippen molar-refractivity contribution in [2.75, 3.05) is 6.54 Å². The van der Waals surface area contributed by atoms with Gasteiger partial charge in [-0.15, -0.1) is 0 Å². The first-order chi connectivity index (χ1) is 9.85. The van der Waals surface area contributed by atoms with Gasteiger partial charge < -0.3 is 15.2 Å². The standard InChI is InChI=1S/C14H20N2O5/c1-9(2)7-15-14(18)10(3)21-13-6-11(8-17)4-5-12(13)16(19)20/h4-6,9-10,17H,7-8H2,1-3H3,(H,15,18). The van der Waals surface area contributed by atoms with Crippen LogP contribution in [0.2, 0.25) is 0 Å². The van der Waals surface area contributed by atoms with Crippen molar-refractivity contribution in [2.24, 2.45) is 5.92 Å². The second-order valence-corrected chi connectivity index (χ2v) is 5.12. The van der Waals surface area contributed by atoms with E-state index in [0.717, 1.165) is 0 Å². The van der Waals surface area contributed by atoms with Gasteiger partial charge in [0.15, 0.2) is 11.9 Å². The Bertz CT molecular complexity index is 516. The molecular weight excluding hydrogens is 276 g/mol. The summed E-state index contributed by atoms with van der Waals surface area (Å²) in [6, 6.07) is 4.05. The van der Waals surface area contributed by atoms with Crippen LogP contribution in [-0.2, 0) is 11.4 Å². The molecule has 0 heterocycles. The first-order valence-corrected chi connectivity index (χ1v) is 6.67. The van der Waals surface area contributed by atoms with Gasteiger partial charge in [0.25, 0.3) is 5.91 Å². The molecule has 21 heavy (non-hydrogen) atoms. The van der Waals surface area contributed by atoms with Crippen LogP contribution in [0.3, 0.4) is 0 Å². The summed E-state index contributed by atoms with van der Waals surface area (Å²) in [5, 5.41) is 22.7. The number of rotatable bonds is 7. The van der Waals surface area contributed by atoms with Gasteiger partial charge in [-0.2, -0.15) is 0 Å². The summed E-state index contributed by atoms with van der Waals surface area (Å²) >= 11 is 0. The Morgan fingerprint density at radius 3 is 2.62 bits per heavy atom. The Balaban J connectivity index is 2.85. The molecule has 1 rings (SSSR count). The number of aliphatic hydroxyl groups is 1. The maximum Gasteiger partial charge on any atom is 0.310 e. The average Bonchev–Trinajstić information content (AvgIpc) is 2.43. The van der Waals surface area contributed by atoms with Crippen LogP contribution >= 0.6 is 0 Å². The van der Waals surface area contributed by atoms with E-state index in [4.69, 9.17) is 9.84 Å². The number of benzene rings is 1. The Hall–Kier alpha value is -2.15. The van der Waals surface area contributed by atoms with E-state index in [1.807, 2.05) is 13.8 Å². The van der Waals surface area contributed by atoms with Gasteiger partial charge >= 0.3 is 5.69 Å². The molecule has 1 unspecified atom stereocenters. The van der Waals surface area contributed by atoms with Crippen molar-refractivity contribution in [3.63, 3.8) is 0 Å². The predicted molar refractivity (Wildman–Crippen MR) is 77.0 cm³/mol. The van der Waals surface area contributed by atoms with Crippen molar-refractivity contribution in [3.8, 4) is 5.75 Å². The van der Waals surface area contributed by atoms with Crippen molar-refractivity contribution in [1.82, 2.24) is 5.32 Å². The monoisotopic (exact) mass is 296 g/mol. The van der Waals surface area contributed by atoms with Crippen molar-refractivity contribution in [2.45, 2.75) is 33.5 Å². The lowest BCUT2D eigenvalue weighted by atomic mass is 10.2. The fraction of sp³-hybridized carbons (Fsp3) is 0.500. The highest BCUT2D eigenvalue weighted by Crippen LogP contribution is 2.29. The van der Waals surface area contributed by atoms with Gasteiger partial charge in [0.05, 0.1) is 11.5 Å². The second kappa shape index (κ2) is 7.58. The van der Waals surface area contributed by atoms with Crippen LogP contribution in [0, 0.1) is 16.0 Å². The number of nitro groups is 1. The number of nitrogens with one attached hydrogen (secondary N) is 1.